The summed E-state index contributed by atoms with van der Waals surface area (Å²) < 4.78 is 33.0. The molecule has 16 rings (SSSR count). The topological polar surface area (TPSA) is 124 Å². The predicted octanol–water partition coefficient (Wildman–Crippen LogP) is 13.2. The minimum Gasteiger partial charge on any atom is -0.469 e. The molecule has 16 fully saturated rings. The van der Waals surface area contributed by atoms with E-state index in [-0.39, 0.29) is 65.7 Å². The molecule has 0 aliphatic heterocycles. The summed E-state index contributed by atoms with van der Waals surface area (Å²) >= 11 is 0. The minimum absolute atomic E-state index is 0.0200. The second-order valence-electron chi connectivity index (χ2n) is 28.7. The zero-order chi connectivity index (χ0) is 51.9. The SMILES string of the molecule is CC(OC(=O)C1CC2CC1C13C4CCC(C4)C21C1CCC3C1)OC12CC3CC(CC(C3)C1)C2.CCC(C)C(=O)OC.CCC(C)C(=O)OC.CCOC(C)OC(=O)C1CC2CC1C13C4CCC(C4)C21C1CCC3C1. The van der Waals surface area contributed by atoms with Gasteiger partial charge in [0.05, 0.1) is 43.5 Å². The molecule has 16 aliphatic rings. The molecular weight excluding hydrogens is 929 g/mol. The number of fused-ring (bicyclic) bond motifs is 12. The maximum Gasteiger partial charge on any atom is 0.311 e. The van der Waals surface area contributed by atoms with E-state index < -0.39 is 0 Å². The summed E-state index contributed by atoms with van der Waals surface area (Å²) in [6.07, 6.45) is 31.7. The first-order valence-corrected chi connectivity index (χ1v) is 31.5. The lowest BCUT2D eigenvalue weighted by atomic mass is 9.44. The van der Waals surface area contributed by atoms with Gasteiger partial charge in [0, 0.05) is 6.61 Å². The third-order valence-corrected chi connectivity index (χ3v) is 26.7. The van der Waals surface area contributed by atoms with Gasteiger partial charge in [-0.25, -0.2) is 0 Å². The van der Waals surface area contributed by atoms with Gasteiger partial charge < -0.3 is 28.4 Å². The Hall–Kier alpha value is -2.20. The highest BCUT2D eigenvalue weighted by atomic mass is 16.7. The van der Waals surface area contributed by atoms with Gasteiger partial charge in [-0.3, -0.25) is 19.2 Å². The average molecular weight is 1030 g/mol. The van der Waals surface area contributed by atoms with Crippen molar-refractivity contribution >= 4 is 23.9 Å². The first-order valence-electron chi connectivity index (χ1n) is 31.5. The molecule has 0 heterocycles. The van der Waals surface area contributed by atoms with Crippen molar-refractivity contribution in [2.45, 2.75) is 221 Å². The molecule has 0 aromatic carbocycles. The third-order valence-electron chi connectivity index (χ3n) is 26.7. The molecule has 16 bridgehead atoms. The Balaban J connectivity index is 0.000000119. The largest absolute Gasteiger partial charge is 0.469 e. The Morgan fingerprint density at radius 1 is 0.432 bits per heavy atom. The number of hydrogen-bond acceptors (Lipinski definition) is 10. The number of rotatable bonds is 12. The molecule has 414 valence electrons. The summed E-state index contributed by atoms with van der Waals surface area (Å²) in [6.45, 7) is 14.1. The monoisotopic (exact) mass is 1030 g/mol. The van der Waals surface area contributed by atoms with Crippen LogP contribution in [0.5, 0.6) is 0 Å². The molecule has 0 spiro atoms. The van der Waals surface area contributed by atoms with E-state index in [9.17, 15) is 19.2 Å². The summed E-state index contributed by atoms with van der Waals surface area (Å²) in [5.41, 5.74) is 2.41. The zero-order valence-electron chi connectivity index (χ0n) is 47.4. The van der Waals surface area contributed by atoms with Gasteiger partial charge in [-0.2, -0.15) is 0 Å². The maximum absolute atomic E-state index is 13.7. The summed E-state index contributed by atoms with van der Waals surface area (Å²) in [4.78, 5) is 47.8. The second-order valence-corrected chi connectivity index (χ2v) is 28.7. The molecule has 18 unspecified atom stereocenters. The zero-order valence-corrected chi connectivity index (χ0v) is 47.4. The van der Waals surface area contributed by atoms with Crippen LogP contribution < -0.4 is 0 Å². The predicted molar refractivity (Wildman–Crippen MR) is 280 cm³/mol. The standard InChI is InChI=1S/C30H42O3.C22H32O3.2C6H12O2/c1-16(33-28-13-17-6-18(14-28)8-19(7-17)15-28)32-27(31)25-11-24-12-26(25)30-22-4-2-20(9-22)29(24,30)21-3-5-23(30)10-21;1-3-24-12(2)25-20(23)18-10-17-11-19(18)22-15-6-4-13(8-15)21(17,22)14-5-7-16(22)9-14;2*1-4-5(2)6(7)8-3/h16-26H,2-15H2,1H3;12-19H,3-11H2,1-2H3;2*5H,4H2,1-3H3. The van der Waals surface area contributed by atoms with Crippen LogP contribution in [-0.2, 0) is 47.6 Å². The molecule has 18 atom stereocenters. The van der Waals surface area contributed by atoms with E-state index in [2.05, 4.69) is 9.47 Å². The summed E-state index contributed by atoms with van der Waals surface area (Å²) in [6, 6.07) is 0. The smallest absolute Gasteiger partial charge is 0.311 e. The highest BCUT2D eigenvalue weighted by Crippen LogP contribution is 2.93. The molecule has 0 radical (unpaired) electrons. The van der Waals surface area contributed by atoms with Gasteiger partial charge in [0.2, 0.25) is 6.29 Å². The molecule has 0 saturated heterocycles. The molecule has 16 aliphatic carbocycles. The van der Waals surface area contributed by atoms with E-state index in [0.29, 0.717) is 40.1 Å². The molecule has 16 saturated carbocycles. The van der Waals surface area contributed by atoms with Crippen LogP contribution in [-0.4, -0.2) is 62.9 Å². The first-order chi connectivity index (χ1) is 35.6. The fourth-order valence-corrected chi connectivity index (χ4v) is 25.9. The van der Waals surface area contributed by atoms with Gasteiger partial charge in [-0.15, -0.1) is 0 Å². The number of carbonyl (C=O) groups excluding carboxylic acids is 4. The molecule has 0 aromatic heterocycles. The molecule has 74 heavy (non-hydrogen) atoms. The van der Waals surface area contributed by atoms with Crippen molar-refractivity contribution in [3.8, 4) is 0 Å². The molecule has 0 amide bonds. The third kappa shape index (κ3) is 7.16. The van der Waals surface area contributed by atoms with Crippen molar-refractivity contribution < 1.29 is 47.6 Å². The highest BCUT2D eigenvalue weighted by molar-refractivity contribution is 5.75. The van der Waals surface area contributed by atoms with Crippen molar-refractivity contribution in [2.24, 2.45) is 134 Å². The van der Waals surface area contributed by atoms with Crippen molar-refractivity contribution in [3.05, 3.63) is 0 Å². The Labute approximate surface area is 445 Å². The van der Waals surface area contributed by atoms with Gasteiger partial charge in [-0.05, 0) is 285 Å². The van der Waals surface area contributed by atoms with Crippen molar-refractivity contribution in [3.63, 3.8) is 0 Å². The van der Waals surface area contributed by atoms with Crippen LogP contribution in [0, 0.1) is 134 Å². The Morgan fingerprint density at radius 2 is 0.770 bits per heavy atom. The molecular formula is C64H98O10. The molecule has 0 aromatic rings. The first kappa shape index (κ1) is 52.5. The number of carbonyl (C=O) groups is 4. The van der Waals surface area contributed by atoms with Crippen LogP contribution in [0.3, 0.4) is 0 Å². The Kier molecular flexibility index (Phi) is 13.7. The Morgan fingerprint density at radius 3 is 1.08 bits per heavy atom. The summed E-state index contributed by atoms with van der Waals surface area (Å²) in [5.74, 6) is 13.6. The van der Waals surface area contributed by atoms with E-state index in [0.717, 1.165) is 103 Å². The quantitative estimate of drug-likeness (QED) is 0.106. The molecule has 0 N–H and O–H groups in total. The van der Waals surface area contributed by atoms with E-state index in [4.69, 9.17) is 18.9 Å². The lowest BCUT2D eigenvalue weighted by Crippen LogP contribution is -2.57. The van der Waals surface area contributed by atoms with Gasteiger partial charge in [-0.1, -0.05) is 27.7 Å². The van der Waals surface area contributed by atoms with Crippen LogP contribution in [0.1, 0.15) is 203 Å². The van der Waals surface area contributed by atoms with Gasteiger partial charge in [0.15, 0.2) is 6.29 Å². The maximum atomic E-state index is 13.7. The van der Waals surface area contributed by atoms with Crippen molar-refractivity contribution in [2.75, 3.05) is 20.8 Å². The number of ether oxygens (including phenoxy) is 6. The van der Waals surface area contributed by atoms with Crippen molar-refractivity contribution in [1.82, 2.24) is 0 Å². The second kappa shape index (κ2) is 19.3. The van der Waals surface area contributed by atoms with E-state index in [1.807, 2.05) is 48.5 Å². The van der Waals surface area contributed by atoms with Crippen LogP contribution in [0.15, 0.2) is 0 Å². The van der Waals surface area contributed by atoms with E-state index in [1.165, 1.54) is 143 Å². The number of esters is 4. The lowest BCUT2D eigenvalue weighted by Gasteiger charge is -2.60. The number of hydrogen-bond donors (Lipinski definition) is 0. The van der Waals surface area contributed by atoms with Crippen LogP contribution in [0.4, 0.5) is 0 Å². The fourth-order valence-electron chi connectivity index (χ4n) is 25.9. The molecule has 10 nitrogen and oxygen atoms in total. The average Bonchev–Trinajstić information content (AvgIpc) is 4.31. The lowest BCUT2D eigenvalue weighted by molar-refractivity contribution is -0.249. The Bertz CT molecular complexity index is 2050. The van der Waals surface area contributed by atoms with Crippen LogP contribution in [0.25, 0.3) is 0 Å². The molecule has 10 heteroatoms. The minimum atomic E-state index is -0.390. The summed E-state index contributed by atoms with van der Waals surface area (Å²) in [7, 11) is 2.82. The fraction of sp³-hybridized carbons (Fsp3) is 0.938. The van der Waals surface area contributed by atoms with Gasteiger partial charge in [0.1, 0.15) is 0 Å². The van der Waals surface area contributed by atoms with E-state index >= 15 is 0 Å². The van der Waals surface area contributed by atoms with Crippen LogP contribution in [0.2, 0.25) is 0 Å². The van der Waals surface area contributed by atoms with Crippen molar-refractivity contribution in [1.29, 1.82) is 0 Å². The van der Waals surface area contributed by atoms with E-state index in [1.54, 1.807) is 0 Å². The normalized spacial score (nSPS) is 50.5. The summed E-state index contributed by atoms with van der Waals surface area (Å²) in [5, 5.41) is 0. The highest BCUT2D eigenvalue weighted by Gasteiger charge is 2.87. The van der Waals surface area contributed by atoms with Gasteiger partial charge in [0.25, 0.3) is 0 Å². The van der Waals surface area contributed by atoms with Crippen LogP contribution >= 0.6 is 0 Å². The number of methoxy groups -OCH3 is 2. The van der Waals surface area contributed by atoms with Gasteiger partial charge >= 0.3 is 23.9 Å².